The van der Waals surface area contributed by atoms with Crippen LogP contribution in [0.3, 0.4) is 0 Å². The SMILES string of the molecule is COc1cc2nn3cc(Cl)cnc3c2cc1OC. The van der Waals surface area contributed by atoms with Gasteiger partial charge in [-0.05, 0) is 6.07 Å². The molecule has 2 heterocycles. The summed E-state index contributed by atoms with van der Waals surface area (Å²) >= 11 is 5.89. The minimum absolute atomic E-state index is 0.536. The Kier molecular flexibility index (Phi) is 2.48. The summed E-state index contributed by atoms with van der Waals surface area (Å²) < 4.78 is 12.2. The molecule has 3 aromatic rings. The number of benzene rings is 1. The third-order valence-electron chi connectivity index (χ3n) is 2.73. The van der Waals surface area contributed by atoms with Crippen LogP contribution in [-0.2, 0) is 0 Å². The van der Waals surface area contributed by atoms with Crippen LogP contribution in [0.5, 0.6) is 11.5 Å². The minimum Gasteiger partial charge on any atom is -0.493 e. The van der Waals surface area contributed by atoms with Crippen molar-refractivity contribution in [3.63, 3.8) is 0 Å². The summed E-state index contributed by atoms with van der Waals surface area (Å²) in [7, 11) is 3.19. The van der Waals surface area contributed by atoms with Crippen LogP contribution in [-0.4, -0.2) is 28.8 Å². The van der Waals surface area contributed by atoms with Crippen LogP contribution in [0.2, 0.25) is 5.02 Å². The molecule has 0 aliphatic rings. The molecule has 3 rings (SSSR count). The monoisotopic (exact) mass is 263 g/mol. The van der Waals surface area contributed by atoms with Gasteiger partial charge in [-0.25, -0.2) is 9.50 Å². The first-order valence-electron chi connectivity index (χ1n) is 5.28. The van der Waals surface area contributed by atoms with Gasteiger partial charge in [-0.15, -0.1) is 0 Å². The van der Waals surface area contributed by atoms with Crippen molar-refractivity contribution >= 4 is 28.2 Å². The minimum atomic E-state index is 0.536. The van der Waals surface area contributed by atoms with Crippen molar-refractivity contribution in [2.45, 2.75) is 0 Å². The molecule has 1 aromatic carbocycles. The van der Waals surface area contributed by atoms with Crippen LogP contribution in [0.1, 0.15) is 0 Å². The van der Waals surface area contributed by atoms with Crippen molar-refractivity contribution in [1.29, 1.82) is 0 Å². The summed E-state index contributed by atoms with van der Waals surface area (Å²) in [5.74, 6) is 1.29. The fourth-order valence-electron chi connectivity index (χ4n) is 1.91. The number of fused-ring (bicyclic) bond motifs is 3. The molecular weight excluding hydrogens is 254 g/mol. The first kappa shape index (κ1) is 11.1. The largest absolute Gasteiger partial charge is 0.493 e. The quantitative estimate of drug-likeness (QED) is 0.713. The second kappa shape index (κ2) is 4.03. The van der Waals surface area contributed by atoms with Crippen molar-refractivity contribution in [2.24, 2.45) is 0 Å². The van der Waals surface area contributed by atoms with Gasteiger partial charge in [0.25, 0.3) is 0 Å². The summed E-state index contributed by atoms with van der Waals surface area (Å²) in [5, 5.41) is 5.82. The summed E-state index contributed by atoms with van der Waals surface area (Å²) in [5.41, 5.74) is 1.51. The van der Waals surface area contributed by atoms with Gasteiger partial charge in [-0.1, -0.05) is 11.6 Å². The zero-order valence-corrected chi connectivity index (χ0v) is 10.6. The Morgan fingerprint density at radius 1 is 1.17 bits per heavy atom. The lowest BCUT2D eigenvalue weighted by molar-refractivity contribution is 0.356. The van der Waals surface area contributed by atoms with E-state index < -0.39 is 0 Å². The Bertz CT molecular complexity index is 739. The predicted octanol–water partition coefficient (Wildman–Crippen LogP) is 2.55. The number of ether oxygens (including phenoxy) is 2. The molecule has 2 aromatic heterocycles. The first-order valence-corrected chi connectivity index (χ1v) is 5.66. The maximum Gasteiger partial charge on any atom is 0.163 e. The molecule has 0 aliphatic carbocycles. The number of halogens is 1. The van der Waals surface area contributed by atoms with Gasteiger partial charge in [0.05, 0.1) is 36.3 Å². The summed E-state index contributed by atoms with van der Waals surface area (Å²) in [6, 6.07) is 3.67. The number of hydrogen-bond donors (Lipinski definition) is 0. The fourth-order valence-corrected chi connectivity index (χ4v) is 2.05. The van der Waals surface area contributed by atoms with Gasteiger partial charge in [0.15, 0.2) is 17.1 Å². The lowest BCUT2D eigenvalue weighted by atomic mass is 10.2. The molecule has 0 spiro atoms. The van der Waals surface area contributed by atoms with E-state index in [1.54, 1.807) is 31.1 Å². The van der Waals surface area contributed by atoms with Gasteiger partial charge in [-0.2, -0.15) is 5.10 Å². The van der Waals surface area contributed by atoms with E-state index in [1.807, 2.05) is 12.1 Å². The Labute approximate surface area is 108 Å². The molecule has 6 heteroatoms. The molecule has 0 aliphatic heterocycles. The molecule has 0 unspecified atom stereocenters. The highest BCUT2D eigenvalue weighted by atomic mass is 35.5. The Morgan fingerprint density at radius 3 is 2.61 bits per heavy atom. The molecule has 0 fully saturated rings. The molecule has 0 amide bonds. The molecule has 5 nitrogen and oxygen atoms in total. The first-order chi connectivity index (χ1) is 8.72. The van der Waals surface area contributed by atoms with E-state index in [0.29, 0.717) is 16.5 Å². The average Bonchev–Trinajstić information content (AvgIpc) is 2.73. The fraction of sp³-hybridized carbons (Fsp3) is 0.167. The van der Waals surface area contributed by atoms with Crippen LogP contribution >= 0.6 is 11.6 Å². The van der Waals surface area contributed by atoms with Gasteiger partial charge >= 0.3 is 0 Å². The van der Waals surface area contributed by atoms with Crippen molar-refractivity contribution < 1.29 is 9.47 Å². The van der Waals surface area contributed by atoms with Crippen molar-refractivity contribution in [3.05, 3.63) is 29.5 Å². The van der Waals surface area contributed by atoms with Gasteiger partial charge in [0.1, 0.15) is 0 Å². The molecule has 18 heavy (non-hydrogen) atoms. The van der Waals surface area contributed by atoms with E-state index in [-0.39, 0.29) is 0 Å². The van der Waals surface area contributed by atoms with Gasteiger partial charge in [0, 0.05) is 12.3 Å². The molecule has 0 radical (unpaired) electrons. The smallest absolute Gasteiger partial charge is 0.163 e. The van der Waals surface area contributed by atoms with E-state index in [2.05, 4.69) is 10.1 Å². The molecule has 0 N–H and O–H groups in total. The highest BCUT2D eigenvalue weighted by Gasteiger charge is 2.12. The van der Waals surface area contributed by atoms with E-state index in [9.17, 15) is 0 Å². The molecule has 0 atom stereocenters. The molecular formula is C12H10ClN3O2. The highest BCUT2D eigenvalue weighted by Crippen LogP contribution is 2.33. The van der Waals surface area contributed by atoms with E-state index in [0.717, 1.165) is 16.6 Å². The van der Waals surface area contributed by atoms with Crippen molar-refractivity contribution in [2.75, 3.05) is 14.2 Å². The lowest BCUT2D eigenvalue weighted by Crippen LogP contribution is -1.89. The number of hydrogen-bond acceptors (Lipinski definition) is 4. The number of rotatable bonds is 2. The average molecular weight is 264 g/mol. The lowest BCUT2D eigenvalue weighted by Gasteiger charge is -2.06. The second-order valence-electron chi connectivity index (χ2n) is 3.76. The molecule has 0 saturated heterocycles. The topological polar surface area (TPSA) is 48.7 Å². The van der Waals surface area contributed by atoms with Crippen molar-refractivity contribution in [3.8, 4) is 11.5 Å². The normalized spacial score (nSPS) is 11.1. The maximum absolute atomic E-state index is 5.89. The summed E-state index contributed by atoms with van der Waals surface area (Å²) in [6.07, 6.45) is 3.30. The third-order valence-corrected chi connectivity index (χ3v) is 2.93. The van der Waals surface area contributed by atoms with Gasteiger partial charge in [0.2, 0.25) is 0 Å². The summed E-state index contributed by atoms with van der Waals surface area (Å²) in [4.78, 5) is 4.27. The zero-order chi connectivity index (χ0) is 12.7. The number of aromatic nitrogens is 3. The Balaban J connectivity index is 2.39. The molecule has 0 bridgehead atoms. The van der Waals surface area contributed by atoms with Crippen LogP contribution in [0.15, 0.2) is 24.5 Å². The molecule has 0 saturated carbocycles. The number of methoxy groups -OCH3 is 2. The van der Waals surface area contributed by atoms with Crippen LogP contribution < -0.4 is 9.47 Å². The van der Waals surface area contributed by atoms with Crippen molar-refractivity contribution in [1.82, 2.24) is 14.6 Å². The van der Waals surface area contributed by atoms with Crippen LogP contribution in [0, 0.1) is 0 Å². The summed E-state index contributed by atoms with van der Waals surface area (Å²) in [6.45, 7) is 0. The Hall–Kier alpha value is -2.01. The van der Waals surface area contributed by atoms with Gasteiger partial charge in [-0.3, -0.25) is 0 Å². The maximum atomic E-state index is 5.89. The van der Waals surface area contributed by atoms with Crippen LogP contribution in [0.25, 0.3) is 16.6 Å². The van der Waals surface area contributed by atoms with Gasteiger partial charge < -0.3 is 9.47 Å². The standard InChI is InChI=1S/C12H10ClN3O2/c1-17-10-3-8-9(4-11(10)18-2)15-16-6-7(13)5-14-12(8)16/h3-6H,1-2H3. The second-order valence-corrected chi connectivity index (χ2v) is 4.20. The predicted molar refractivity (Wildman–Crippen MR) is 68.6 cm³/mol. The highest BCUT2D eigenvalue weighted by molar-refractivity contribution is 6.30. The van der Waals surface area contributed by atoms with E-state index in [4.69, 9.17) is 21.1 Å². The molecule has 92 valence electrons. The Morgan fingerprint density at radius 2 is 1.89 bits per heavy atom. The number of nitrogens with zero attached hydrogens (tertiary/aromatic N) is 3. The van der Waals surface area contributed by atoms with E-state index >= 15 is 0 Å². The van der Waals surface area contributed by atoms with E-state index in [1.165, 1.54) is 0 Å². The zero-order valence-electron chi connectivity index (χ0n) is 9.85. The third kappa shape index (κ3) is 1.55. The van der Waals surface area contributed by atoms with Crippen LogP contribution in [0.4, 0.5) is 0 Å².